The smallest absolute Gasteiger partial charge is 0.118 e. The summed E-state index contributed by atoms with van der Waals surface area (Å²) in [4.78, 5) is 0. The summed E-state index contributed by atoms with van der Waals surface area (Å²) < 4.78 is 21.8. The molecule has 0 spiro atoms. The average molecular weight is 439 g/mol. The Morgan fingerprint density at radius 3 is 0.667 bits per heavy atom. The highest BCUT2D eigenvalue weighted by Gasteiger charge is 2.32. The molecule has 33 heavy (non-hydrogen) atoms. The van der Waals surface area contributed by atoms with Gasteiger partial charge in [-0.3, -0.25) is 0 Å². The van der Waals surface area contributed by atoms with Crippen molar-refractivity contribution in [3.63, 3.8) is 0 Å². The highest BCUT2D eigenvalue weighted by atomic mass is 16.5. The van der Waals surface area contributed by atoms with E-state index >= 15 is 0 Å². The second kappa shape index (κ2) is 9.74. The zero-order valence-corrected chi connectivity index (χ0v) is 19.4. The molecule has 0 saturated heterocycles. The molecule has 0 radical (unpaired) electrons. The van der Waals surface area contributed by atoms with Crippen molar-refractivity contribution >= 4 is 28.0 Å². The van der Waals surface area contributed by atoms with Gasteiger partial charge in [0.25, 0.3) is 0 Å². The Hall–Kier alpha value is -3.86. The molecule has 0 aliphatic carbocycles. The van der Waals surface area contributed by atoms with Crippen molar-refractivity contribution in [3.05, 3.63) is 97.1 Å². The third kappa shape index (κ3) is 4.14. The Labute approximate surface area is 195 Å². The van der Waals surface area contributed by atoms with E-state index in [1.807, 2.05) is 48.5 Å². The van der Waals surface area contributed by atoms with Gasteiger partial charge in [-0.1, -0.05) is 48.5 Å². The molecule has 4 aromatic carbocycles. The van der Waals surface area contributed by atoms with Crippen LogP contribution in [0.5, 0.6) is 23.0 Å². The molecule has 0 bridgehead atoms. The lowest BCUT2D eigenvalue weighted by Crippen LogP contribution is -2.74. The van der Waals surface area contributed by atoms with E-state index in [1.165, 1.54) is 21.9 Å². The van der Waals surface area contributed by atoms with Crippen LogP contribution in [0.15, 0.2) is 97.1 Å². The van der Waals surface area contributed by atoms with Gasteiger partial charge in [-0.15, -0.1) is 0 Å². The molecule has 0 N–H and O–H groups in total. The van der Waals surface area contributed by atoms with Crippen molar-refractivity contribution in [1.82, 2.24) is 0 Å². The Bertz CT molecular complexity index is 973. The maximum atomic E-state index is 5.45. The van der Waals surface area contributed by atoms with Crippen molar-refractivity contribution in [1.29, 1.82) is 0 Å². The van der Waals surface area contributed by atoms with E-state index in [0.717, 1.165) is 23.0 Å². The fourth-order valence-corrected chi connectivity index (χ4v) is 4.73. The lowest BCUT2D eigenvalue weighted by atomic mass is 9.13. The van der Waals surface area contributed by atoms with Crippen molar-refractivity contribution in [2.75, 3.05) is 28.4 Å². The van der Waals surface area contributed by atoms with Gasteiger partial charge in [0.2, 0.25) is 0 Å². The molecule has 0 atom stereocenters. The second-order valence-electron chi connectivity index (χ2n) is 7.96. The van der Waals surface area contributed by atoms with Gasteiger partial charge in [-0.05, 0) is 48.5 Å². The molecule has 4 rings (SSSR count). The van der Waals surface area contributed by atoms with Gasteiger partial charge in [0.1, 0.15) is 29.1 Å². The zero-order chi connectivity index (χ0) is 23.3. The molecule has 0 aromatic heterocycles. The summed E-state index contributed by atoms with van der Waals surface area (Å²) in [5, 5.41) is 0. The third-order valence-corrected chi connectivity index (χ3v) is 6.46. The topological polar surface area (TPSA) is 36.9 Å². The molecular weight excluding hydrogens is 411 g/mol. The number of hydrogen-bond donors (Lipinski definition) is 0. The minimum Gasteiger partial charge on any atom is -0.497 e. The average Bonchev–Trinajstić information content (AvgIpc) is 2.90. The molecule has 168 valence electrons. The summed E-state index contributed by atoms with van der Waals surface area (Å²) in [6, 6.07) is 33.3. The van der Waals surface area contributed by atoms with Crippen LogP contribution in [-0.2, 0) is 0 Å². The van der Waals surface area contributed by atoms with E-state index in [-0.39, 0.29) is 0 Å². The maximum Gasteiger partial charge on any atom is 0.118 e. The predicted molar refractivity (Wildman–Crippen MR) is 136 cm³/mol. The Morgan fingerprint density at radius 1 is 0.333 bits per heavy atom. The normalized spacial score (nSPS) is 11.0. The van der Waals surface area contributed by atoms with Crippen molar-refractivity contribution in [3.8, 4) is 23.0 Å². The second-order valence-corrected chi connectivity index (χ2v) is 7.96. The molecule has 0 fully saturated rings. The highest BCUT2D eigenvalue weighted by Crippen LogP contribution is 2.18. The van der Waals surface area contributed by atoms with Gasteiger partial charge in [-0.25, -0.2) is 0 Å². The number of methoxy groups -OCH3 is 4. The number of ether oxygens (including phenoxy) is 4. The molecule has 0 heterocycles. The molecule has 4 nitrogen and oxygen atoms in total. The maximum absolute atomic E-state index is 5.45. The Morgan fingerprint density at radius 2 is 0.515 bits per heavy atom. The van der Waals surface area contributed by atoms with Crippen LogP contribution in [0.25, 0.3) is 0 Å². The fraction of sp³-hybridized carbons (Fsp3) is 0.143. The van der Waals surface area contributed by atoms with E-state index < -0.39 is 6.15 Å². The van der Waals surface area contributed by atoms with Crippen molar-refractivity contribution in [2.24, 2.45) is 0 Å². The largest absolute Gasteiger partial charge is 0.497 e. The van der Waals surface area contributed by atoms with E-state index in [1.54, 1.807) is 28.4 Å². The standard InChI is InChI=1S/C28H28BO4/c1-30-25-13-5-21(6-14-25)29(22-7-15-26(31-2)16-8-22,23-9-17-27(32-3)18-10-23)24-11-19-28(33-4)20-12-24/h5-20H,1-4H3/q-1. The van der Waals surface area contributed by atoms with Gasteiger partial charge in [0.15, 0.2) is 0 Å². The zero-order valence-electron chi connectivity index (χ0n) is 19.4. The minimum atomic E-state index is -1.52. The van der Waals surface area contributed by atoms with E-state index in [2.05, 4.69) is 48.5 Å². The summed E-state index contributed by atoms with van der Waals surface area (Å²) in [5.74, 6) is 3.29. The summed E-state index contributed by atoms with van der Waals surface area (Å²) in [7, 11) is 6.74. The molecule has 0 aliphatic heterocycles. The van der Waals surface area contributed by atoms with Crippen molar-refractivity contribution in [2.45, 2.75) is 0 Å². The van der Waals surface area contributed by atoms with Crippen LogP contribution in [0.2, 0.25) is 0 Å². The summed E-state index contributed by atoms with van der Waals surface area (Å²) in [5.41, 5.74) is 4.71. The fourth-order valence-electron chi connectivity index (χ4n) is 4.73. The van der Waals surface area contributed by atoms with Crippen LogP contribution in [0.4, 0.5) is 0 Å². The first-order chi connectivity index (χ1) is 16.1. The van der Waals surface area contributed by atoms with E-state index in [9.17, 15) is 0 Å². The number of hydrogen-bond acceptors (Lipinski definition) is 4. The monoisotopic (exact) mass is 439 g/mol. The van der Waals surface area contributed by atoms with Crippen LogP contribution in [0.3, 0.4) is 0 Å². The minimum absolute atomic E-state index is 0.822. The molecule has 0 amide bonds. The lowest BCUT2D eigenvalue weighted by Gasteiger charge is -2.44. The third-order valence-electron chi connectivity index (χ3n) is 6.46. The first kappa shape index (κ1) is 22.3. The molecule has 4 aromatic rings. The van der Waals surface area contributed by atoms with Gasteiger partial charge < -0.3 is 18.9 Å². The first-order valence-corrected chi connectivity index (χ1v) is 10.9. The molecule has 0 saturated carbocycles. The highest BCUT2D eigenvalue weighted by molar-refractivity contribution is 7.19. The van der Waals surface area contributed by atoms with Crippen LogP contribution in [0.1, 0.15) is 0 Å². The van der Waals surface area contributed by atoms with Gasteiger partial charge in [-0.2, -0.15) is 21.9 Å². The van der Waals surface area contributed by atoms with Crippen LogP contribution in [0, 0.1) is 0 Å². The van der Waals surface area contributed by atoms with Crippen molar-refractivity contribution < 1.29 is 18.9 Å². The molecule has 0 aliphatic rings. The predicted octanol–water partition coefficient (Wildman–Crippen LogP) is 3.10. The summed E-state index contributed by atoms with van der Waals surface area (Å²) in [6.45, 7) is 0. The molecule has 5 heteroatoms. The van der Waals surface area contributed by atoms with E-state index in [0.29, 0.717) is 0 Å². The van der Waals surface area contributed by atoms with Gasteiger partial charge in [0, 0.05) is 0 Å². The SMILES string of the molecule is COc1ccc([B-](c2ccc(OC)cc2)(c2ccc(OC)cc2)c2ccc(OC)cc2)cc1. The van der Waals surface area contributed by atoms with Gasteiger partial charge >= 0.3 is 0 Å². The Balaban J connectivity index is 2.05. The lowest BCUT2D eigenvalue weighted by molar-refractivity contribution is 0.415. The molecular formula is C28H28BO4-. The summed E-state index contributed by atoms with van der Waals surface area (Å²) >= 11 is 0. The number of rotatable bonds is 8. The molecule has 0 unspecified atom stereocenters. The van der Waals surface area contributed by atoms with Crippen LogP contribution in [-0.4, -0.2) is 34.6 Å². The quantitative estimate of drug-likeness (QED) is 0.396. The summed E-state index contributed by atoms with van der Waals surface area (Å²) in [6.07, 6.45) is -1.52. The van der Waals surface area contributed by atoms with Gasteiger partial charge in [0.05, 0.1) is 28.4 Å². The number of benzene rings is 4. The Kier molecular flexibility index (Phi) is 6.59. The van der Waals surface area contributed by atoms with E-state index in [4.69, 9.17) is 18.9 Å². The first-order valence-electron chi connectivity index (χ1n) is 10.9. The van der Waals surface area contributed by atoms with Crippen LogP contribution < -0.4 is 40.8 Å². The van der Waals surface area contributed by atoms with Crippen LogP contribution >= 0.6 is 0 Å².